The highest BCUT2D eigenvalue weighted by Gasteiger charge is 2.20. The molecule has 3 aromatic rings. The van der Waals surface area contributed by atoms with Gasteiger partial charge in [-0.05, 0) is 13.0 Å². The molecule has 1 aliphatic rings. The van der Waals surface area contributed by atoms with E-state index in [1.165, 1.54) is 0 Å². The number of nitrogens with zero attached hydrogens (tertiary/aromatic N) is 6. The van der Waals surface area contributed by atoms with Crippen LogP contribution in [0.15, 0.2) is 55.0 Å². The molecule has 0 amide bonds. The second-order valence-electron chi connectivity index (χ2n) is 6.50. The summed E-state index contributed by atoms with van der Waals surface area (Å²) in [7, 11) is 0. The van der Waals surface area contributed by atoms with E-state index in [1.54, 1.807) is 0 Å². The highest BCUT2D eigenvalue weighted by atomic mass is 15.3. The molecule has 1 saturated heterocycles. The number of aromatic nitrogens is 4. The Morgan fingerprint density at radius 3 is 2.50 bits per heavy atom. The van der Waals surface area contributed by atoms with Crippen molar-refractivity contribution in [1.29, 1.82) is 0 Å². The summed E-state index contributed by atoms with van der Waals surface area (Å²) < 4.78 is 2.21. The third-order valence-corrected chi connectivity index (χ3v) is 4.88. The smallest absolute Gasteiger partial charge is 0.161 e. The van der Waals surface area contributed by atoms with Crippen LogP contribution in [0.2, 0.25) is 0 Å². The van der Waals surface area contributed by atoms with E-state index in [4.69, 9.17) is 4.98 Å². The SMILES string of the molecule is CCn1ccnc1CN1CCN(c2ccnc(-c3ccccc3)n2)CC1. The molecule has 2 aromatic heterocycles. The predicted molar refractivity (Wildman–Crippen MR) is 103 cm³/mol. The van der Waals surface area contributed by atoms with Crippen molar-refractivity contribution in [2.24, 2.45) is 0 Å². The number of piperazine rings is 1. The first-order valence-electron chi connectivity index (χ1n) is 9.19. The minimum absolute atomic E-state index is 0.788. The minimum atomic E-state index is 0.788. The Hall–Kier alpha value is -2.73. The average molecular weight is 348 g/mol. The summed E-state index contributed by atoms with van der Waals surface area (Å²) in [4.78, 5) is 18.5. The first-order valence-corrected chi connectivity index (χ1v) is 9.19. The van der Waals surface area contributed by atoms with Gasteiger partial charge >= 0.3 is 0 Å². The zero-order chi connectivity index (χ0) is 17.8. The third-order valence-electron chi connectivity index (χ3n) is 4.88. The average Bonchev–Trinajstić information content (AvgIpc) is 3.16. The van der Waals surface area contributed by atoms with Crippen molar-refractivity contribution in [2.45, 2.75) is 20.0 Å². The van der Waals surface area contributed by atoms with E-state index in [2.05, 4.69) is 37.5 Å². The molecule has 4 rings (SSSR count). The van der Waals surface area contributed by atoms with Gasteiger partial charge in [-0.1, -0.05) is 30.3 Å². The van der Waals surface area contributed by atoms with Gasteiger partial charge in [-0.3, -0.25) is 4.90 Å². The van der Waals surface area contributed by atoms with Crippen LogP contribution in [-0.4, -0.2) is 50.6 Å². The maximum atomic E-state index is 4.77. The molecule has 0 radical (unpaired) electrons. The van der Waals surface area contributed by atoms with Crippen LogP contribution in [-0.2, 0) is 13.1 Å². The summed E-state index contributed by atoms with van der Waals surface area (Å²) in [5, 5.41) is 0. The van der Waals surface area contributed by atoms with E-state index < -0.39 is 0 Å². The predicted octanol–water partition coefficient (Wildman–Crippen LogP) is 2.68. The quantitative estimate of drug-likeness (QED) is 0.709. The number of imidazole rings is 1. The molecule has 6 heteroatoms. The van der Waals surface area contributed by atoms with E-state index in [0.29, 0.717) is 0 Å². The van der Waals surface area contributed by atoms with Gasteiger partial charge in [0.1, 0.15) is 11.6 Å². The lowest BCUT2D eigenvalue weighted by Crippen LogP contribution is -2.46. The van der Waals surface area contributed by atoms with Crippen molar-refractivity contribution in [3.63, 3.8) is 0 Å². The van der Waals surface area contributed by atoms with Gasteiger partial charge in [-0.2, -0.15) is 0 Å². The third kappa shape index (κ3) is 3.60. The van der Waals surface area contributed by atoms with Gasteiger partial charge in [0.2, 0.25) is 0 Å². The molecule has 0 aliphatic carbocycles. The van der Waals surface area contributed by atoms with Crippen molar-refractivity contribution in [1.82, 2.24) is 24.4 Å². The highest BCUT2D eigenvalue weighted by Crippen LogP contribution is 2.19. The van der Waals surface area contributed by atoms with Crippen LogP contribution in [0.5, 0.6) is 0 Å². The summed E-state index contributed by atoms with van der Waals surface area (Å²) >= 11 is 0. The van der Waals surface area contributed by atoms with Crippen molar-refractivity contribution >= 4 is 5.82 Å². The monoisotopic (exact) mass is 348 g/mol. The number of aryl methyl sites for hydroxylation is 1. The second kappa shape index (κ2) is 7.66. The fourth-order valence-electron chi connectivity index (χ4n) is 3.37. The molecule has 0 saturated carbocycles. The zero-order valence-corrected chi connectivity index (χ0v) is 15.1. The van der Waals surface area contributed by atoms with Crippen molar-refractivity contribution in [2.75, 3.05) is 31.1 Å². The Balaban J connectivity index is 1.40. The maximum absolute atomic E-state index is 4.77. The standard InChI is InChI=1S/C20H24N6/c1-2-25-11-10-21-19(25)16-24-12-14-26(15-13-24)18-8-9-22-20(23-18)17-6-4-3-5-7-17/h3-11H,2,12-16H2,1H3. The summed E-state index contributed by atoms with van der Waals surface area (Å²) in [6.45, 7) is 8.01. The topological polar surface area (TPSA) is 50.1 Å². The van der Waals surface area contributed by atoms with E-state index in [-0.39, 0.29) is 0 Å². The zero-order valence-electron chi connectivity index (χ0n) is 15.1. The summed E-state index contributed by atoms with van der Waals surface area (Å²) in [5.41, 5.74) is 1.05. The van der Waals surface area contributed by atoms with Crippen molar-refractivity contribution in [3.8, 4) is 11.4 Å². The normalized spacial score (nSPS) is 15.3. The highest BCUT2D eigenvalue weighted by molar-refractivity contribution is 5.57. The summed E-state index contributed by atoms with van der Waals surface area (Å²) in [6, 6.07) is 12.1. The fraction of sp³-hybridized carbons (Fsp3) is 0.350. The Labute approximate surface area is 154 Å². The van der Waals surface area contributed by atoms with Crippen molar-refractivity contribution < 1.29 is 0 Å². The van der Waals surface area contributed by atoms with Crippen LogP contribution < -0.4 is 4.90 Å². The number of anilines is 1. The first-order chi connectivity index (χ1) is 12.8. The first kappa shape index (κ1) is 16.7. The summed E-state index contributed by atoms with van der Waals surface area (Å²) in [6.07, 6.45) is 5.80. The van der Waals surface area contributed by atoms with Gasteiger partial charge in [0.05, 0.1) is 6.54 Å². The molecular weight excluding hydrogens is 324 g/mol. The van der Waals surface area contributed by atoms with E-state index in [0.717, 1.165) is 62.3 Å². The molecule has 134 valence electrons. The Morgan fingerprint density at radius 1 is 0.923 bits per heavy atom. The van der Waals surface area contributed by atoms with Gasteiger partial charge in [0.25, 0.3) is 0 Å². The lowest BCUT2D eigenvalue weighted by atomic mass is 10.2. The van der Waals surface area contributed by atoms with Crippen LogP contribution in [0.3, 0.4) is 0 Å². The maximum Gasteiger partial charge on any atom is 0.161 e. The number of benzene rings is 1. The Morgan fingerprint density at radius 2 is 1.73 bits per heavy atom. The molecule has 26 heavy (non-hydrogen) atoms. The number of hydrogen-bond donors (Lipinski definition) is 0. The molecule has 1 fully saturated rings. The lowest BCUT2D eigenvalue weighted by Gasteiger charge is -2.35. The number of rotatable bonds is 5. The minimum Gasteiger partial charge on any atom is -0.354 e. The molecule has 1 aliphatic heterocycles. The second-order valence-corrected chi connectivity index (χ2v) is 6.50. The molecule has 0 N–H and O–H groups in total. The molecule has 6 nitrogen and oxygen atoms in total. The van der Waals surface area contributed by atoms with Crippen LogP contribution in [0.25, 0.3) is 11.4 Å². The Kier molecular flexibility index (Phi) is 4.93. The van der Waals surface area contributed by atoms with Gasteiger partial charge in [-0.15, -0.1) is 0 Å². The summed E-state index contributed by atoms with van der Waals surface area (Å²) in [5.74, 6) is 2.94. The van der Waals surface area contributed by atoms with Gasteiger partial charge in [0, 0.05) is 56.9 Å². The van der Waals surface area contributed by atoms with Gasteiger partial charge in [-0.25, -0.2) is 15.0 Å². The Bertz CT molecular complexity index is 836. The molecule has 3 heterocycles. The number of hydrogen-bond acceptors (Lipinski definition) is 5. The molecule has 0 atom stereocenters. The van der Waals surface area contributed by atoms with Crippen LogP contribution in [0, 0.1) is 0 Å². The van der Waals surface area contributed by atoms with Crippen LogP contribution in [0.4, 0.5) is 5.82 Å². The van der Waals surface area contributed by atoms with E-state index in [1.807, 2.05) is 48.8 Å². The fourth-order valence-corrected chi connectivity index (χ4v) is 3.37. The van der Waals surface area contributed by atoms with Gasteiger partial charge < -0.3 is 9.47 Å². The van der Waals surface area contributed by atoms with E-state index in [9.17, 15) is 0 Å². The molecule has 0 spiro atoms. The molecular formula is C20H24N6. The largest absolute Gasteiger partial charge is 0.354 e. The lowest BCUT2D eigenvalue weighted by molar-refractivity contribution is 0.240. The molecule has 1 aromatic carbocycles. The molecule has 0 unspecified atom stereocenters. The van der Waals surface area contributed by atoms with Crippen LogP contribution >= 0.6 is 0 Å². The van der Waals surface area contributed by atoms with Gasteiger partial charge in [0.15, 0.2) is 5.82 Å². The van der Waals surface area contributed by atoms with E-state index >= 15 is 0 Å². The molecule has 0 bridgehead atoms. The van der Waals surface area contributed by atoms with Crippen LogP contribution in [0.1, 0.15) is 12.7 Å². The van der Waals surface area contributed by atoms with Crippen molar-refractivity contribution in [3.05, 3.63) is 60.8 Å².